The van der Waals surface area contributed by atoms with E-state index < -0.39 is 0 Å². The molecule has 0 spiro atoms. The lowest BCUT2D eigenvalue weighted by Gasteiger charge is -2.21. The van der Waals surface area contributed by atoms with Crippen LogP contribution in [0.3, 0.4) is 0 Å². The summed E-state index contributed by atoms with van der Waals surface area (Å²) in [5, 5.41) is 2.59. The van der Waals surface area contributed by atoms with Gasteiger partial charge >= 0.3 is 0 Å². The van der Waals surface area contributed by atoms with E-state index in [2.05, 4.69) is 11.8 Å². The molecule has 3 heteroatoms. The summed E-state index contributed by atoms with van der Waals surface area (Å²) < 4.78 is 12.0. The molecule has 0 unspecified atom stereocenters. The first-order valence-electron chi connectivity index (χ1n) is 3.71. The van der Waals surface area contributed by atoms with Crippen LogP contribution in [-0.2, 0) is 0 Å². The summed E-state index contributed by atoms with van der Waals surface area (Å²) >= 11 is 0. The Balaban J connectivity index is 4.95. The zero-order chi connectivity index (χ0) is 9.78. The van der Waals surface area contributed by atoms with Crippen LogP contribution in [0.5, 0.6) is 0 Å². The van der Waals surface area contributed by atoms with Crippen LogP contribution in [0, 0.1) is 5.41 Å². The van der Waals surface area contributed by atoms with E-state index in [0.717, 1.165) is 0 Å². The molecule has 0 radical (unpaired) electrons. The average Bonchev–Trinajstić information content (AvgIpc) is 1.97. The van der Waals surface area contributed by atoms with Crippen molar-refractivity contribution in [1.82, 2.24) is 0 Å². The lowest BCUT2D eigenvalue weighted by Crippen LogP contribution is -2.17. The van der Waals surface area contributed by atoms with Gasteiger partial charge in [-0.25, -0.2) is 0 Å². The van der Waals surface area contributed by atoms with Gasteiger partial charge in [0.1, 0.15) is 5.71 Å². The molecule has 0 aromatic heterocycles. The molecule has 0 aliphatic rings. The molecule has 2 nitrogen and oxygen atoms in total. The van der Waals surface area contributed by atoms with Crippen LogP contribution in [0.2, 0.25) is 0 Å². The van der Waals surface area contributed by atoms with Crippen LogP contribution >= 0.6 is 0 Å². The number of nitrogens with zero attached hydrogens (tertiary/aromatic N) is 1. The Morgan fingerprint density at radius 2 is 2.00 bits per heavy atom. The minimum Gasteiger partial charge on any atom is -0.404 e. The molecule has 0 rings (SSSR count). The second-order valence-electron chi connectivity index (χ2n) is 3.50. The zero-order valence-electron chi connectivity index (χ0n) is 7.76. The average molecular weight is 170 g/mol. The molecule has 0 amide bonds. The smallest absolute Gasteiger partial charge is 0.101 e. The van der Waals surface area contributed by atoms with Crippen molar-refractivity contribution in [3.63, 3.8) is 0 Å². The number of nitrogens with two attached hydrogens (primary N) is 1. The third-order valence-electron chi connectivity index (χ3n) is 1.54. The second kappa shape index (κ2) is 4.04. The van der Waals surface area contributed by atoms with Crippen molar-refractivity contribution in [1.29, 1.82) is 0 Å². The summed E-state index contributed by atoms with van der Waals surface area (Å²) in [6.45, 7) is 9.24. The van der Waals surface area contributed by atoms with E-state index in [1.807, 2.05) is 20.8 Å². The van der Waals surface area contributed by atoms with Gasteiger partial charge in [0.05, 0.1) is 0 Å². The fraction of sp³-hybridized carbons (Fsp3) is 0.444. The topological polar surface area (TPSA) is 38.4 Å². The Bertz CT molecular complexity index is 221. The SMILES string of the molecule is C=CC(=NF)/C(=C\N)C(C)(C)C. The first-order valence-corrected chi connectivity index (χ1v) is 3.71. The van der Waals surface area contributed by atoms with Crippen LogP contribution in [-0.4, -0.2) is 5.71 Å². The Labute approximate surface area is 72.6 Å². The molecule has 68 valence electrons. The summed E-state index contributed by atoms with van der Waals surface area (Å²) in [4.78, 5) is 0. The summed E-state index contributed by atoms with van der Waals surface area (Å²) in [6.07, 6.45) is 2.71. The number of hydrogen-bond donors (Lipinski definition) is 1. The third kappa shape index (κ3) is 2.49. The van der Waals surface area contributed by atoms with Crippen LogP contribution < -0.4 is 5.73 Å². The van der Waals surface area contributed by atoms with Gasteiger partial charge in [-0.3, -0.25) is 0 Å². The van der Waals surface area contributed by atoms with E-state index >= 15 is 0 Å². The highest BCUT2D eigenvalue weighted by Gasteiger charge is 2.20. The highest BCUT2D eigenvalue weighted by molar-refractivity contribution is 6.08. The van der Waals surface area contributed by atoms with Crippen molar-refractivity contribution in [2.45, 2.75) is 20.8 Å². The molecule has 0 aliphatic heterocycles. The first-order chi connectivity index (χ1) is 5.47. The fourth-order valence-corrected chi connectivity index (χ4v) is 0.910. The van der Waals surface area contributed by atoms with Gasteiger partial charge in [-0.1, -0.05) is 37.0 Å². The van der Waals surface area contributed by atoms with Gasteiger partial charge in [-0.15, -0.1) is 0 Å². The van der Waals surface area contributed by atoms with Crippen LogP contribution in [0.1, 0.15) is 20.8 Å². The maximum Gasteiger partial charge on any atom is 0.101 e. The van der Waals surface area contributed by atoms with Crippen molar-refractivity contribution in [2.75, 3.05) is 0 Å². The molecule has 0 aliphatic carbocycles. The summed E-state index contributed by atoms with van der Waals surface area (Å²) in [7, 11) is 0. The molecule has 0 bridgehead atoms. The fourth-order valence-electron chi connectivity index (χ4n) is 0.910. The molecular formula is C9H15FN2. The van der Waals surface area contributed by atoms with E-state index in [-0.39, 0.29) is 11.1 Å². The lowest BCUT2D eigenvalue weighted by molar-refractivity contribution is 0.507. The summed E-state index contributed by atoms with van der Waals surface area (Å²) in [5.41, 5.74) is 5.99. The normalized spacial score (nSPS) is 14.7. The van der Waals surface area contributed by atoms with Crippen molar-refractivity contribution in [2.24, 2.45) is 16.4 Å². The van der Waals surface area contributed by atoms with Crippen LogP contribution in [0.25, 0.3) is 0 Å². The lowest BCUT2D eigenvalue weighted by atomic mass is 9.84. The Morgan fingerprint density at radius 3 is 2.08 bits per heavy atom. The largest absolute Gasteiger partial charge is 0.404 e. The van der Waals surface area contributed by atoms with Crippen LogP contribution in [0.4, 0.5) is 4.48 Å². The maximum atomic E-state index is 12.0. The van der Waals surface area contributed by atoms with Gasteiger partial charge < -0.3 is 5.73 Å². The first kappa shape index (κ1) is 10.9. The van der Waals surface area contributed by atoms with E-state index in [1.165, 1.54) is 12.3 Å². The van der Waals surface area contributed by atoms with Gasteiger partial charge in [0, 0.05) is 5.57 Å². The van der Waals surface area contributed by atoms with E-state index in [1.54, 1.807) is 0 Å². The summed E-state index contributed by atoms with van der Waals surface area (Å²) in [5.74, 6) is 0. The quantitative estimate of drug-likeness (QED) is 0.635. The molecule has 0 aromatic carbocycles. The van der Waals surface area contributed by atoms with E-state index in [0.29, 0.717) is 5.57 Å². The number of rotatable bonds is 2. The maximum absolute atomic E-state index is 12.0. The molecular weight excluding hydrogens is 155 g/mol. The van der Waals surface area contributed by atoms with Crippen LogP contribution in [0.15, 0.2) is 29.6 Å². The second-order valence-corrected chi connectivity index (χ2v) is 3.50. The van der Waals surface area contributed by atoms with Crippen molar-refractivity contribution < 1.29 is 4.48 Å². The minimum atomic E-state index is -0.214. The predicted octanol–water partition coefficient (Wildman–Crippen LogP) is 2.39. The van der Waals surface area contributed by atoms with Gasteiger partial charge in [0.2, 0.25) is 0 Å². The monoisotopic (exact) mass is 170 g/mol. The van der Waals surface area contributed by atoms with Gasteiger partial charge in [0.15, 0.2) is 0 Å². The van der Waals surface area contributed by atoms with Gasteiger partial charge in [0.25, 0.3) is 0 Å². The minimum absolute atomic E-state index is 0.199. The van der Waals surface area contributed by atoms with Crippen molar-refractivity contribution in [3.05, 3.63) is 24.4 Å². The zero-order valence-corrected chi connectivity index (χ0v) is 7.76. The van der Waals surface area contributed by atoms with E-state index in [9.17, 15) is 4.48 Å². The number of halogens is 1. The van der Waals surface area contributed by atoms with Crippen molar-refractivity contribution >= 4 is 5.71 Å². The molecule has 0 heterocycles. The molecule has 2 N–H and O–H groups in total. The Kier molecular flexibility index (Phi) is 3.67. The van der Waals surface area contributed by atoms with E-state index in [4.69, 9.17) is 5.73 Å². The predicted molar refractivity (Wildman–Crippen MR) is 50.5 cm³/mol. The highest BCUT2D eigenvalue weighted by atomic mass is 19.2. The molecule has 0 fully saturated rings. The molecule has 0 aromatic rings. The standard InChI is InChI=1S/C9H15FN2/c1-5-8(12-10)7(6-11)9(2,3)4/h5-6H,1,11H2,2-4H3/b7-6+,12-8?. The third-order valence-corrected chi connectivity index (χ3v) is 1.54. The summed E-state index contributed by atoms with van der Waals surface area (Å²) in [6, 6.07) is 0. The molecule has 0 saturated carbocycles. The molecule has 0 atom stereocenters. The Morgan fingerprint density at radius 1 is 1.50 bits per heavy atom. The molecule has 0 saturated heterocycles. The van der Waals surface area contributed by atoms with Crippen molar-refractivity contribution in [3.8, 4) is 0 Å². The number of allylic oxidation sites excluding steroid dienone is 2. The van der Waals surface area contributed by atoms with Gasteiger partial charge in [-0.05, 0) is 17.7 Å². The number of hydrogen-bond acceptors (Lipinski definition) is 2. The van der Waals surface area contributed by atoms with Gasteiger partial charge in [-0.2, -0.15) is 0 Å². The molecule has 12 heavy (non-hydrogen) atoms. The Hall–Kier alpha value is -1.12. The highest BCUT2D eigenvalue weighted by Crippen LogP contribution is 2.25.